The molecule has 0 saturated heterocycles. The number of aromatic nitrogens is 5. The fourth-order valence-electron chi connectivity index (χ4n) is 4.57. The summed E-state index contributed by atoms with van der Waals surface area (Å²) in [6, 6.07) is 2.34. The van der Waals surface area contributed by atoms with Crippen molar-refractivity contribution in [3.05, 3.63) is 36.3 Å². The zero-order valence-corrected chi connectivity index (χ0v) is 19.4. The quantitative estimate of drug-likeness (QED) is 0.630. The number of hydrazone groups is 1. The van der Waals surface area contributed by atoms with Gasteiger partial charge < -0.3 is 15.2 Å². The molecule has 0 bridgehead atoms. The van der Waals surface area contributed by atoms with Gasteiger partial charge in [0.05, 0.1) is 17.8 Å². The lowest BCUT2D eigenvalue weighted by Gasteiger charge is -2.32. The number of hydrogen-bond donors (Lipinski definition) is 2. The molecule has 174 valence electrons. The van der Waals surface area contributed by atoms with Crippen LogP contribution < -0.4 is 5.32 Å². The van der Waals surface area contributed by atoms with Crippen LogP contribution in [-0.4, -0.2) is 67.0 Å². The predicted molar refractivity (Wildman–Crippen MR) is 127 cm³/mol. The second-order valence-corrected chi connectivity index (χ2v) is 8.82. The van der Waals surface area contributed by atoms with E-state index < -0.39 is 6.23 Å². The van der Waals surface area contributed by atoms with E-state index in [2.05, 4.69) is 31.2 Å². The molecule has 5 rings (SSSR count). The summed E-state index contributed by atoms with van der Waals surface area (Å²) in [7, 11) is 5.53. The van der Waals surface area contributed by atoms with Gasteiger partial charge in [-0.2, -0.15) is 10.2 Å². The minimum Gasteiger partial charge on any atom is -0.473 e. The number of likely N-dealkylation sites (N-methyl/N-ethyl adjacent to an activating group) is 1. The molecule has 2 N–H and O–H groups in total. The summed E-state index contributed by atoms with van der Waals surface area (Å²) in [6.07, 6.45) is 10.6. The number of hydrogen-bond acceptors (Lipinski definition) is 8. The van der Waals surface area contributed by atoms with Crippen LogP contribution in [0, 0.1) is 0 Å². The van der Waals surface area contributed by atoms with Crippen LogP contribution in [0.1, 0.15) is 38.6 Å². The number of aliphatic hydroxyl groups is 1. The number of nitrogens with zero attached hydrogens (tertiary/aromatic N) is 7. The van der Waals surface area contributed by atoms with E-state index in [4.69, 9.17) is 9.84 Å². The van der Waals surface area contributed by atoms with Crippen molar-refractivity contribution in [1.29, 1.82) is 0 Å². The first-order valence-electron chi connectivity index (χ1n) is 11.3. The Balaban J connectivity index is 1.37. The van der Waals surface area contributed by atoms with Crippen LogP contribution in [0.25, 0.3) is 22.2 Å². The third-order valence-corrected chi connectivity index (χ3v) is 6.46. The van der Waals surface area contributed by atoms with Gasteiger partial charge in [0.25, 0.3) is 0 Å². The van der Waals surface area contributed by atoms with Gasteiger partial charge in [-0.25, -0.2) is 4.98 Å². The number of aliphatic hydroxyl groups excluding tert-OH is 1. The van der Waals surface area contributed by atoms with Crippen LogP contribution in [0.2, 0.25) is 0 Å². The van der Waals surface area contributed by atoms with Gasteiger partial charge in [-0.15, -0.1) is 5.10 Å². The molecule has 0 spiro atoms. The highest BCUT2D eigenvalue weighted by Crippen LogP contribution is 2.36. The predicted octanol–water partition coefficient (Wildman–Crippen LogP) is 2.90. The fraction of sp³-hybridized carbons (Fsp3) is 0.478. The van der Waals surface area contributed by atoms with Crippen molar-refractivity contribution in [2.45, 2.75) is 51.0 Å². The number of aryl methyl sites for hydroxylation is 1. The van der Waals surface area contributed by atoms with Crippen molar-refractivity contribution < 1.29 is 9.84 Å². The first-order chi connectivity index (χ1) is 15.9. The summed E-state index contributed by atoms with van der Waals surface area (Å²) < 4.78 is 10.2. The molecule has 1 atom stereocenters. The summed E-state index contributed by atoms with van der Waals surface area (Å²) in [4.78, 5) is 4.52. The smallest absolute Gasteiger partial charge is 0.233 e. The van der Waals surface area contributed by atoms with Crippen molar-refractivity contribution in [2.75, 3.05) is 19.4 Å². The lowest BCUT2D eigenvalue weighted by Crippen LogP contribution is -2.34. The van der Waals surface area contributed by atoms with Gasteiger partial charge in [-0.1, -0.05) is 0 Å². The maximum Gasteiger partial charge on any atom is 0.233 e. The zero-order chi connectivity index (χ0) is 23.1. The van der Waals surface area contributed by atoms with Crippen LogP contribution in [0.15, 0.2) is 41.4 Å². The Morgan fingerprint density at radius 2 is 1.94 bits per heavy atom. The molecular weight excluding hydrogens is 420 g/mol. The first kappa shape index (κ1) is 21.4. The summed E-state index contributed by atoms with van der Waals surface area (Å²) >= 11 is 0. The monoisotopic (exact) mass is 450 g/mol. The lowest BCUT2D eigenvalue weighted by molar-refractivity contribution is 0.0518. The summed E-state index contributed by atoms with van der Waals surface area (Å²) in [5.74, 6) is 1.42. The van der Waals surface area contributed by atoms with E-state index in [1.165, 1.54) is 5.01 Å². The van der Waals surface area contributed by atoms with E-state index in [1.54, 1.807) is 17.8 Å². The number of fused-ring (bicyclic) bond motifs is 1. The highest BCUT2D eigenvalue weighted by Gasteiger charge is 2.29. The Bertz CT molecular complexity index is 1220. The van der Waals surface area contributed by atoms with Crippen molar-refractivity contribution in [3.63, 3.8) is 0 Å². The van der Waals surface area contributed by atoms with Gasteiger partial charge in [0, 0.05) is 56.1 Å². The highest BCUT2D eigenvalue weighted by atomic mass is 16.5. The Kier molecular flexibility index (Phi) is 5.53. The highest BCUT2D eigenvalue weighted by molar-refractivity contribution is 5.94. The van der Waals surface area contributed by atoms with Gasteiger partial charge in [-0.05, 0) is 38.7 Å². The van der Waals surface area contributed by atoms with Crippen LogP contribution in [0.5, 0.6) is 0 Å². The topological polar surface area (TPSA) is 106 Å². The lowest BCUT2D eigenvalue weighted by atomic mass is 9.93. The molecule has 0 amide bonds. The number of ether oxygens (including phenoxy) is 1. The third-order valence-electron chi connectivity index (χ3n) is 6.46. The van der Waals surface area contributed by atoms with Gasteiger partial charge in [0.2, 0.25) is 5.90 Å². The van der Waals surface area contributed by atoms with Gasteiger partial charge >= 0.3 is 0 Å². The second-order valence-electron chi connectivity index (χ2n) is 8.82. The zero-order valence-electron chi connectivity index (χ0n) is 19.4. The molecule has 0 radical (unpaired) electrons. The van der Waals surface area contributed by atoms with Crippen molar-refractivity contribution >= 4 is 22.6 Å². The van der Waals surface area contributed by atoms with E-state index in [0.717, 1.165) is 59.2 Å². The maximum absolute atomic E-state index is 9.91. The Morgan fingerprint density at radius 3 is 2.64 bits per heavy atom. The average Bonchev–Trinajstić information content (AvgIpc) is 3.41. The van der Waals surface area contributed by atoms with Crippen LogP contribution in [-0.2, 0) is 11.8 Å². The number of anilines is 1. The van der Waals surface area contributed by atoms with E-state index in [-0.39, 0.29) is 12.1 Å². The molecule has 3 aromatic rings. The normalized spacial score (nSPS) is 23.4. The van der Waals surface area contributed by atoms with Crippen molar-refractivity contribution in [2.24, 2.45) is 12.1 Å². The Morgan fingerprint density at radius 1 is 1.15 bits per heavy atom. The second kappa shape index (κ2) is 8.51. The van der Waals surface area contributed by atoms with Crippen LogP contribution in [0.3, 0.4) is 0 Å². The number of pyridine rings is 1. The third kappa shape index (κ3) is 4.06. The van der Waals surface area contributed by atoms with E-state index in [0.29, 0.717) is 5.90 Å². The molecule has 3 aromatic heterocycles. The minimum atomic E-state index is -0.702. The largest absolute Gasteiger partial charge is 0.473 e. The molecule has 1 fully saturated rings. The first-order valence-corrected chi connectivity index (χ1v) is 11.3. The Hall–Kier alpha value is -3.40. The minimum absolute atomic E-state index is 0.0983. The van der Waals surface area contributed by atoms with E-state index in [1.807, 2.05) is 39.6 Å². The van der Waals surface area contributed by atoms with Gasteiger partial charge in [0.15, 0.2) is 6.23 Å². The van der Waals surface area contributed by atoms with Gasteiger partial charge in [-0.3, -0.25) is 14.4 Å². The molecule has 0 aromatic carbocycles. The number of nitrogens with one attached hydrogen (secondary N) is 1. The SMILES string of the molecule is CNc1cc2c(cn1)c(-c1cnn(C)c1)nn2C1CCC(OC2=NN(C)C(O)C=C2C)CC1. The average molecular weight is 451 g/mol. The molecule has 4 heterocycles. The van der Waals surface area contributed by atoms with E-state index in [9.17, 15) is 5.11 Å². The summed E-state index contributed by atoms with van der Waals surface area (Å²) in [5.41, 5.74) is 3.84. The number of rotatable bonds is 4. The van der Waals surface area contributed by atoms with Crippen LogP contribution >= 0.6 is 0 Å². The molecule has 2 aliphatic rings. The maximum atomic E-state index is 9.91. The molecule has 1 unspecified atom stereocenters. The molecule has 1 saturated carbocycles. The standard InChI is InChI=1S/C23H30N8O2/c1-14-9-21(32)30(4)28-23(14)33-17-7-5-16(6-8-17)31-19-10-20(24-2)25-12-18(19)22(27-31)15-11-26-29(3)13-15/h9-13,16-17,21,32H,5-8H2,1-4H3,(H,24,25). The molecule has 1 aliphatic carbocycles. The molecule has 1 aliphatic heterocycles. The molecule has 33 heavy (non-hydrogen) atoms. The van der Waals surface area contributed by atoms with Crippen molar-refractivity contribution in [3.8, 4) is 11.3 Å². The van der Waals surface area contributed by atoms with Gasteiger partial charge in [0.1, 0.15) is 17.6 Å². The molecule has 10 heteroatoms. The Labute approximate surface area is 192 Å². The summed E-state index contributed by atoms with van der Waals surface area (Å²) in [6.45, 7) is 1.92. The summed E-state index contributed by atoms with van der Waals surface area (Å²) in [5, 5.41) is 29.3. The molecular formula is C23H30N8O2. The van der Waals surface area contributed by atoms with Crippen LogP contribution in [0.4, 0.5) is 5.82 Å². The van der Waals surface area contributed by atoms with E-state index >= 15 is 0 Å². The molecule has 10 nitrogen and oxygen atoms in total. The fourth-order valence-corrected chi connectivity index (χ4v) is 4.57. The van der Waals surface area contributed by atoms with Crippen molar-refractivity contribution in [1.82, 2.24) is 29.6 Å².